The van der Waals surface area contributed by atoms with Crippen LogP contribution in [0.2, 0.25) is 0 Å². The molecule has 1 unspecified atom stereocenters. The minimum Gasteiger partial charge on any atom is -0.329 e. The average Bonchev–Trinajstić information content (AvgIpc) is 2.49. The fourth-order valence-corrected chi connectivity index (χ4v) is 4.43. The number of nitrogens with zero attached hydrogens (tertiary/aromatic N) is 1. The number of hydrogen-bond donors (Lipinski definition) is 1. The van der Waals surface area contributed by atoms with Crippen molar-refractivity contribution >= 4 is 0 Å². The van der Waals surface area contributed by atoms with Gasteiger partial charge in [0.2, 0.25) is 0 Å². The van der Waals surface area contributed by atoms with Crippen molar-refractivity contribution in [3.63, 3.8) is 0 Å². The summed E-state index contributed by atoms with van der Waals surface area (Å²) in [5.41, 5.74) is 7.56. The quantitative estimate of drug-likeness (QED) is 0.824. The van der Waals surface area contributed by atoms with Crippen molar-refractivity contribution in [2.24, 2.45) is 16.6 Å². The molecule has 2 nitrogen and oxygen atoms in total. The molecule has 1 atom stereocenters. The van der Waals surface area contributed by atoms with Crippen molar-refractivity contribution < 1.29 is 0 Å². The monoisotopic (exact) mass is 266 g/mol. The third-order valence-electron chi connectivity index (χ3n) is 5.69. The lowest BCUT2D eigenvalue weighted by molar-refractivity contribution is 0.0104. The highest BCUT2D eigenvalue weighted by atomic mass is 15.2. The summed E-state index contributed by atoms with van der Waals surface area (Å²) in [5, 5.41) is 0. The summed E-state index contributed by atoms with van der Waals surface area (Å²) in [4.78, 5) is 2.77. The van der Waals surface area contributed by atoms with Crippen LogP contribution in [0.5, 0.6) is 0 Å². The van der Waals surface area contributed by atoms with Crippen LogP contribution in [0.3, 0.4) is 0 Å². The van der Waals surface area contributed by atoms with Crippen molar-refractivity contribution in [3.8, 4) is 0 Å². The molecule has 1 saturated heterocycles. The van der Waals surface area contributed by atoms with Gasteiger partial charge >= 0.3 is 0 Å². The van der Waals surface area contributed by atoms with Crippen LogP contribution in [-0.2, 0) is 0 Å². The van der Waals surface area contributed by atoms with Gasteiger partial charge < -0.3 is 5.73 Å². The molecule has 1 aliphatic carbocycles. The van der Waals surface area contributed by atoms with E-state index >= 15 is 0 Å². The van der Waals surface area contributed by atoms with Gasteiger partial charge in [0.25, 0.3) is 0 Å². The van der Waals surface area contributed by atoms with Crippen LogP contribution >= 0.6 is 0 Å². The lowest BCUT2D eigenvalue weighted by Crippen LogP contribution is -2.58. The van der Waals surface area contributed by atoms with Gasteiger partial charge in [0.1, 0.15) is 0 Å². The smallest absolute Gasteiger partial charge is 0.0336 e. The molecule has 1 aliphatic heterocycles. The summed E-state index contributed by atoms with van der Waals surface area (Å²) >= 11 is 0. The second kappa shape index (κ2) is 5.37. The molecule has 0 aromatic carbocycles. The zero-order valence-corrected chi connectivity index (χ0v) is 13.6. The van der Waals surface area contributed by atoms with Crippen LogP contribution in [0.4, 0.5) is 0 Å². The van der Waals surface area contributed by atoms with E-state index < -0.39 is 0 Å². The molecule has 0 aromatic rings. The van der Waals surface area contributed by atoms with Crippen molar-refractivity contribution in [1.29, 1.82) is 0 Å². The van der Waals surface area contributed by atoms with Crippen LogP contribution in [0, 0.1) is 10.8 Å². The Morgan fingerprint density at radius 2 is 1.53 bits per heavy atom. The van der Waals surface area contributed by atoms with Gasteiger partial charge in [0.05, 0.1) is 0 Å². The van der Waals surface area contributed by atoms with Crippen LogP contribution in [-0.4, -0.2) is 30.1 Å². The first-order valence-electron chi connectivity index (χ1n) is 8.24. The van der Waals surface area contributed by atoms with E-state index in [1.165, 1.54) is 58.0 Å². The molecule has 1 heterocycles. The highest BCUT2D eigenvalue weighted by Crippen LogP contribution is 2.45. The van der Waals surface area contributed by atoms with E-state index in [0.29, 0.717) is 16.4 Å². The molecule has 0 bridgehead atoms. The van der Waals surface area contributed by atoms with Gasteiger partial charge in [-0.15, -0.1) is 0 Å². The molecule has 2 rings (SSSR count). The van der Waals surface area contributed by atoms with E-state index in [1.807, 2.05) is 0 Å². The summed E-state index contributed by atoms with van der Waals surface area (Å²) < 4.78 is 0. The Kier molecular flexibility index (Phi) is 4.32. The second-order valence-electron chi connectivity index (χ2n) is 8.63. The molecule has 2 heteroatoms. The Hall–Kier alpha value is -0.0800. The van der Waals surface area contributed by atoms with Gasteiger partial charge in [-0.1, -0.05) is 34.1 Å². The molecule has 2 aliphatic rings. The Bertz CT molecular complexity index is 308. The van der Waals surface area contributed by atoms with E-state index in [0.717, 1.165) is 6.54 Å². The molecule has 1 saturated carbocycles. The number of hydrogen-bond acceptors (Lipinski definition) is 2. The minimum atomic E-state index is 0.294. The summed E-state index contributed by atoms with van der Waals surface area (Å²) in [7, 11) is 0. The Labute approximate surface area is 120 Å². The maximum Gasteiger partial charge on any atom is 0.0336 e. The lowest BCUT2D eigenvalue weighted by atomic mass is 9.67. The zero-order valence-electron chi connectivity index (χ0n) is 13.6. The summed E-state index contributed by atoms with van der Waals surface area (Å²) in [5.74, 6) is 0. The minimum absolute atomic E-state index is 0.294. The van der Waals surface area contributed by atoms with Gasteiger partial charge in [-0.3, -0.25) is 4.90 Å². The molecular weight excluding hydrogens is 232 g/mol. The SMILES string of the molecule is CC1(C)CCCN(C2(CN)CCCC(C)(C)C2)CC1. The van der Waals surface area contributed by atoms with E-state index in [9.17, 15) is 0 Å². The predicted octanol–water partition coefficient (Wildman–Crippen LogP) is 3.80. The molecular formula is C17H34N2. The predicted molar refractivity (Wildman–Crippen MR) is 83.2 cm³/mol. The maximum atomic E-state index is 6.27. The van der Waals surface area contributed by atoms with Crippen LogP contribution in [0.25, 0.3) is 0 Å². The van der Waals surface area contributed by atoms with Gasteiger partial charge in [-0.2, -0.15) is 0 Å². The Morgan fingerprint density at radius 1 is 0.842 bits per heavy atom. The van der Waals surface area contributed by atoms with Crippen molar-refractivity contribution in [3.05, 3.63) is 0 Å². The van der Waals surface area contributed by atoms with E-state index in [1.54, 1.807) is 0 Å². The first-order valence-corrected chi connectivity index (χ1v) is 8.24. The van der Waals surface area contributed by atoms with Gasteiger partial charge in [-0.25, -0.2) is 0 Å². The number of likely N-dealkylation sites (tertiary alicyclic amines) is 1. The Balaban J connectivity index is 2.12. The van der Waals surface area contributed by atoms with Crippen molar-refractivity contribution in [1.82, 2.24) is 4.90 Å². The third-order valence-corrected chi connectivity index (χ3v) is 5.69. The second-order valence-corrected chi connectivity index (χ2v) is 8.63. The van der Waals surface area contributed by atoms with Crippen molar-refractivity contribution in [2.75, 3.05) is 19.6 Å². The molecule has 2 N–H and O–H groups in total. The Morgan fingerprint density at radius 3 is 2.16 bits per heavy atom. The van der Waals surface area contributed by atoms with Gasteiger partial charge in [0.15, 0.2) is 0 Å². The third kappa shape index (κ3) is 3.52. The standard InChI is InChI=1S/C17H34N2/c1-15(2)8-6-11-19(12-10-15)17(14-18)9-5-7-16(3,4)13-17/h5-14,18H2,1-4H3. The molecule has 2 fully saturated rings. The van der Waals surface area contributed by atoms with Crippen molar-refractivity contribution in [2.45, 2.75) is 78.2 Å². The largest absolute Gasteiger partial charge is 0.329 e. The fraction of sp³-hybridized carbons (Fsp3) is 1.00. The van der Waals surface area contributed by atoms with Crippen LogP contribution in [0.15, 0.2) is 0 Å². The molecule has 0 radical (unpaired) electrons. The zero-order chi connectivity index (χ0) is 14.1. The first kappa shape index (κ1) is 15.3. The number of nitrogens with two attached hydrogens (primary N) is 1. The molecule has 0 aromatic heterocycles. The number of rotatable bonds is 2. The fourth-order valence-electron chi connectivity index (χ4n) is 4.43. The highest BCUT2D eigenvalue weighted by molar-refractivity contribution is 5.00. The molecule has 19 heavy (non-hydrogen) atoms. The summed E-state index contributed by atoms with van der Waals surface area (Å²) in [6.07, 6.45) is 9.36. The van der Waals surface area contributed by atoms with Crippen LogP contribution in [0.1, 0.15) is 72.6 Å². The van der Waals surface area contributed by atoms with E-state index in [-0.39, 0.29) is 0 Å². The topological polar surface area (TPSA) is 29.3 Å². The van der Waals surface area contributed by atoms with Crippen LogP contribution < -0.4 is 5.73 Å². The van der Waals surface area contributed by atoms with E-state index in [2.05, 4.69) is 32.6 Å². The normalized spacial score (nSPS) is 35.8. The lowest BCUT2D eigenvalue weighted by Gasteiger charge is -2.51. The average molecular weight is 266 g/mol. The maximum absolute atomic E-state index is 6.27. The van der Waals surface area contributed by atoms with E-state index in [4.69, 9.17) is 5.73 Å². The van der Waals surface area contributed by atoms with Gasteiger partial charge in [-0.05, 0) is 62.4 Å². The molecule has 0 spiro atoms. The summed E-state index contributed by atoms with van der Waals surface area (Å²) in [6, 6.07) is 0. The first-order chi connectivity index (χ1) is 8.79. The summed E-state index contributed by atoms with van der Waals surface area (Å²) in [6.45, 7) is 13.1. The van der Waals surface area contributed by atoms with Gasteiger partial charge in [0, 0.05) is 12.1 Å². The highest BCUT2D eigenvalue weighted by Gasteiger charge is 2.43. The molecule has 0 amide bonds. The molecule has 112 valence electrons.